The summed E-state index contributed by atoms with van der Waals surface area (Å²) in [6.07, 6.45) is 1.25. The average molecular weight is 192 g/mol. The molecular weight excluding hydrogens is 176 g/mol. The molecule has 0 saturated carbocycles. The molecule has 0 aliphatic heterocycles. The number of hydrogen-bond donors (Lipinski definition) is 1. The second kappa shape index (κ2) is 5.45. The number of ether oxygens (including phenoxy) is 1. The van der Waals surface area contributed by atoms with E-state index in [9.17, 15) is 5.11 Å². The van der Waals surface area contributed by atoms with Crippen molar-refractivity contribution in [2.45, 2.75) is 20.0 Å². The van der Waals surface area contributed by atoms with Gasteiger partial charge in [0.25, 0.3) is 0 Å². The van der Waals surface area contributed by atoms with Crippen molar-refractivity contribution in [2.75, 3.05) is 6.61 Å². The van der Waals surface area contributed by atoms with Gasteiger partial charge in [-0.25, -0.2) is 0 Å². The summed E-state index contributed by atoms with van der Waals surface area (Å²) in [5.41, 5.74) is 1.09. The lowest BCUT2D eigenvalue weighted by molar-refractivity contribution is 0.144. The first kappa shape index (κ1) is 10.8. The van der Waals surface area contributed by atoms with Crippen molar-refractivity contribution >= 4 is 0 Å². The van der Waals surface area contributed by atoms with Gasteiger partial charge in [0.1, 0.15) is 18.5 Å². The van der Waals surface area contributed by atoms with Crippen molar-refractivity contribution in [3.63, 3.8) is 0 Å². The zero-order chi connectivity index (χ0) is 10.4. The predicted octanol–water partition coefficient (Wildman–Crippen LogP) is 2.39. The summed E-state index contributed by atoms with van der Waals surface area (Å²) in [4.78, 5) is 0. The van der Waals surface area contributed by atoms with E-state index in [-0.39, 0.29) is 0 Å². The molecular formula is C12H16O2. The van der Waals surface area contributed by atoms with Gasteiger partial charge in [0, 0.05) is 0 Å². The summed E-state index contributed by atoms with van der Waals surface area (Å²) < 4.78 is 5.37. The Morgan fingerprint density at radius 2 is 2.00 bits per heavy atom. The van der Waals surface area contributed by atoms with Gasteiger partial charge in [-0.15, -0.1) is 0 Å². The lowest BCUT2D eigenvalue weighted by Crippen LogP contribution is -2.14. The van der Waals surface area contributed by atoms with Crippen LogP contribution in [0.2, 0.25) is 0 Å². The Bertz CT molecular complexity index is 286. The molecule has 0 aliphatic rings. The SMILES string of the molecule is CC(C)=CC(O)COc1ccccc1. The van der Waals surface area contributed by atoms with Crippen molar-refractivity contribution in [1.82, 2.24) is 0 Å². The largest absolute Gasteiger partial charge is 0.491 e. The van der Waals surface area contributed by atoms with Gasteiger partial charge in [0.2, 0.25) is 0 Å². The normalized spacial score (nSPS) is 11.9. The fraction of sp³-hybridized carbons (Fsp3) is 0.333. The van der Waals surface area contributed by atoms with Crippen LogP contribution in [0, 0.1) is 0 Å². The second-order valence-electron chi connectivity index (χ2n) is 3.44. The Hall–Kier alpha value is -1.28. The molecule has 2 heteroatoms. The molecule has 0 aromatic heterocycles. The monoisotopic (exact) mass is 192 g/mol. The van der Waals surface area contributed by atoms with Gasteiger partial charge in [-0.05, 0) is 26.0 Å². The lowest BCUT2D eigenvalue weighted by Gasteiger charge is -2.09. The molecule has 1 atom stereocenters. The van der Waals surface area contributed by atoms with Crippen molar-refractivity contribution in [1.29, 1.82) is 0 Å². The summed E-state index contributed by atoms with van der Waals surface area (Å²) in [5.74, 6) is 0.786. The van der Waals surface area contributed by atoms with Crippen LogP contribution < -0.4 is 4.74 Å². The maximum atomic E-state index is 9.48. The van der Waals surface area contributed by atoms with Crippen molar-refractivity contribution in [3.8, 4) is 5.75 Å². The highest BCUT2D eigenvalue weighted by atomic mass is 16.5. The highest BCUT2D eigenvalue weighted by molar-refractivity contribution is 5.21. The maximum Gasteiger partial charge on any atom is 0.119 e. The molecule has 1 aromatic carbocycles. The van der Waals surface area contributed by atoms with Crippen LogP contribution in [-0.4, -0.2) is 17.8 Å². The highest BCUT2D eigenvalue weighted by Gasteiger charge is 2.00. The van der Waals surface area contributed by atoms with Crippen LogP contribution in [-0.2, 0) is 0 Å². The second-order valence-corrected chi connectivity index (χ2v) is 3.44. The molecule has 76 valence electrons. The quantitative estimate of drug-likeness (QED) is 0.742. The Morgan fingerprint density at radius 1 is 1.36 bits per heavy atom. The molecule has 14 heavy (non-hydrogen) atoms. The first-order chi connectivity index (χ1) is 6.68. The third kappa shape index (κ3) is 4.10. The standard InChI is InChI=1S/C12H16O2/c1-10(2)8-11(13)9-14-12-6-4-3-5-7-12/h3-8,11,13H,9H2,1-2H3. The number of rotatable bonds is 4. The zero-order valence-corrected chi connectivity index (χ0v) is 8.60. The number of allylic oxidation sites excluding steroid dienone is 1. The molecule has 0 aliphatic carbocycles. The summed E-state index contributed by atoms with van der Waals surface area (Å²) in [5, 5.41) is 9.48. The smallest absolute Gasteiger partial charge is 0.119 e. The molecule has 0 fully saturated rings. The van der Waals surface area contributed by atoms with Crippen LogP contribution >= 0.6 is 0 Å². The van der Waals surface area contributed by atoms with Gasteiger partial charge in [0.05, 0.1) is 0 Å². The van der Waals surface area contributed by atoms with Gasteiger partial charge in [0.15, 0.2) is 0 Å². The summed E-state index contributed by atoms with van der Waals surface area (Å²) in [6, 6.07) is 9.48. The minimum Gasteiger partial charge on any atom is -0.491 e. The molecule has 1 N–H and O–H groups in total. The van der Waals surface area contributed by atoms with E-state index in [2.05, 4.69) is 0 Å². The molecule has 1 aromatic rings. The van der Waals surface area contributed by atoms with E-state index in [4.69, 9.17) is 4.74 Å². The summed E-state index contributed by atoms with van der Waals surface area (Å²) >= 11 is 0. The number of benzene rings is 1. The van der Waals surface area contributed by atoms with E-state index in [1.165, 1.54) is 0 Å². The average Bonchev–Trinajstić information content (AvgIpc) is 2.15. The topological polar surface area (TPSA) is 29.5 Å². The minimum absolute atomic E-state index is 0.301. The Kier molecular flexibility index (Phi) is 4.20. The molecule has 0 bridgehead atoms. The van der Waals surface area contributed by atoms with Crippen molar-refractivity contribution in [2.24, 2.45) is 0 Å². The third-order valence-electron chi connectivity index (χ3n) is 1.69. The van der Waals surface area contributed by atoms with E-state index in [1.807, 2.05) is 44.2 Å². The Labute approximate surface area is 84.8 Å². The fourth-order valence-corrected chi connectivity index (χ4v) is 1.13. The van der Waals surface area contributed by atoms with E-state index in [0.29, 0.717) is 6.61 Å². The molecule has 0 heterocycles. The Balaban J connectivity index is 2.38. The maximum absolute atomic E-state index is 9.48. The highest BCUT2D eigenvalue weighted by Crippen LogP contribution is 2.08. The lowest BCUT2D eigenvalue weighted by atomic mass is 10.2. The molecule has 0 radical (unpaired) electrons. The zero-order valence-electron chi connectivity index (χ0n) is 8.60. The van der Waals surface area contributed by atoms with Gasteiger partial charge in [-0.1, -0.05) is 29.8 Å². The first-order valence-electron chi connectivity index (χ1n) is 4.69. The van der Waals surface area contributed by atoms with E-state index >= 15 is 0 Å². The first-order valence-corrected chi connectivity index (χ1v) is 4.69. The number of aliphatic hydroxyl groups excluding tert-OH is 1. The molecule has 0 saturated heterocycles. The van der Waals surface area contributed by atoms with E-state index < -0.39 is 6.10 Å². The number of aliphatic hydroxyl groups is 1. The molecule has 1 rings (SSSR count). The third-order valence-corrected chi connectivity index (χ3v) is 1.69. The Morgan fingerprint density at radius 3 is 2.57 bits per heavy atom. The van der Waals surface area contributed by atoms with Gasteiger partial charge < -0.3 is 9.84 Å². The van der Waals surface area contributed by atoms with Gasteiger partial charge >= 0.3 is 0 Å². The van der Waals surface area contributed by atoms with Crippen LogP contribution in [0.5, 0.6) is 5.75 Å². The molecule has 0 spiro atoms. The van der Waals surface area contributed by atoms with Gasteiger partial charge in [-0.3, -0.25) is 0 Å². The number of hydrogen-bond acceptors (Lipinski definition) is 2. The van der Waals surface area contributed by atoms with Crippen LogP contribution in [0.3, 0.4) is 0 Å². The minimum atomic E-state index is -0.528. The number of para-hydroxylation sites is 1. The fourth-order valence-electron chi connectivity index (χ4n) is 1.13. The molecule has 0 amide bonds. The predicted molar refractivity (Wildman–Crippen MR) is 57.4 cm³/mol. The van der Waals surface area contributed by atoms with E-state index in [1.54, 1.807) is 6.08 Å². The van der Waals surface area contributed by atoms with Crippen LogP contribution in [0.1, 0.15) is 13.8 Å². The summed E-state index contributed by atoms with van der Waals surface area (Å²) in [7, 11) is 0. The van der Waals surface area contributed by atoms with E-state index in [0.717, 1.165) is 11.3 Å². The van der Waals surface area contributed by atoms with Crippen LogP contribution in [0.15, 0.2) is 42.0 Å². The van der Waals surface area contributed by atoms with Crippen molar-refractivity contribution < 1.29 is 9.84 Å². The van der Waals surface area contributed by atoms with Crippen LogP contribution in [0.4, 0.5) is 0 Å². The molecule has 1 unspecified atom stereocenters. The van der Waals surface area contributed by atoms with Gasteiger partial charge in [-0.2, -0.15) is 0 Å². The summed E-state index contributed by atoms with van der Waals surface area (Å²) in [6.45, 7) is 4.20. The van der Waals surface area contributed by atoms with Crippen molar-refractivity contribution in [3.05, 3.63) is 42.0 Å². The molecule has 2 nitrogen and oxygen atoms in total. The van der Waals surface area contributed by atoms with Crippen LogP contribution in [0.25, 0.3) is 0 Å².